The van der Waals surface area contributed by atoms with Crippen molar-refractivity contribution in [2.75, 3.05) is 13.1 Å². The number of hydrogen-bond acceptors (Lipinski definition) is 1. The van der Waals surface area contributed by atoms with Crippen molar-refractivity contribution < 1.29 is 0 Å². The minimum atomic E-state index is -0.0429. The minimum absolute atomic E-state index is 0.0429. The van der Waals surface area contributed by atoms with Gasteiger partial charge in [-0.15, -0.1) is 11.6 Å². The molecule has 3 heteroatoms. The Morgan fingerprint density at radius 2 is 1.86 bits per heavy atom. The van der Waals surface area contributed by atoms with Crippen LogP contribution >= 0.6 is 11.6 Å². The summed E-state index contributed by atoms with van der Waals surface area (Å²) in [6.07, 6.45) is 0. The molecule has 14 heavy (non-hydrogen) atoms. The molecule has 0 aliphatic rings. The molecule has 1 aromatic carbocycles. The normalized spacial score (nSPS) is 13.2. The lowest BCUT2D eigenvalue weighted by atomic mass is 10.2. The van der Waals surface area contributed by atoms with Crippen molar-refractivity contribution >= 4 is 27.0 Å². The molecule has 0 heterocycles. The fourth-order valence-corrected chi connectivity index (χ4v) is 2.32. The minimum Gasteiger partial charge on any atom is -0.284 e. The first-order valence-electron chi connectivity index (χ1n) is 4.89. The lowest BCUT2D eigenvalue weighted by Crippen LogP contribution is -2.28. The van der Waals surface area contributed by atoms with E-state index in [4.69, 9.17) is 11.6 Å². The van der Waals surface area contributed by atoms with Gasteiger partial charge < -0.3 is 0 Å². The Kier molecular flexibility index (Phi) is 4.65. The van der Waals surface area contributed by atoms with Crippen molar-refractivity contribution in [3.8, 4) is 0 Å². The van der Waals surface area contributed by atoms with Crippen molar-refractivity contribution in [2.45, 2.75) is 19.3 Å². The first-order valence-corrected chi connectivity index (χ1v) is 5.83. The van der Waals surface area contributed by atoms with Gasteiger partial charge in [0.25, 0.3) is 0 Å². The molecule has 0 spiro atoms. The molecule has 1 atom stereocenters. The van der Waals surface area contributed by atoms with Crippen molar-refractivity contribution in [3.05, 3.63) is 29.8 Å². The molecule has 0 aliphatic heterocycles. The molecular weight excluding hydrogens is 210 g/mol. The lowest BCUT2D eigenvalue weighted by molar-refractivity contribution is 0.283. The van der Waals surface area contributed by atoms with Gasteiger partial charge in [-0.05, 0) is 18.7 Å². The molecule has 1 unspecified atom stereocenters. The maximum atomic E-state index is 6.37. The second-order valence-corrected chi connectivity index (χ2v) is 4.10. The summed E-state index contributed by atoms with van der Waals surface area (Å²) >= 11 is 6.37. The van der Waals surface area contributed by atoms with Crippen molar-refractivity contribution in [3.63, 3.8) is 0 Å². The monoisotopic (exact) mass is 224 g/mol. The smallest absolute Gasteiger partial charge is 0.110 e. The van der Waals surface area contributed by atoms with Gasteiger partial charge in [0.2, 0.25) is 0 Å². The average Bonchev–Trinajstić information content (AvgIpc) is 2.20. The Balaban J connectivity index is 2.88. The Labute approximate surface area is 94.5 Å². The summed E-state index contributed by atoms with van der Waals surface area (Å²) in [7, 11) is 3.56. The fraction of sp³-hybridized carbons (Fsp3) is 0.455. The predicted octanol–water partition coefficient (Wildman–Crippen LogP) is 2.06. The summed E-state index contributed by atoms with van der Waals surface area (Å²) in [6, 6.07) is 8.08. The summed E-state index contributed by atoms with van der Waals surface area (Å²) in [5, 5.41) is 1.07. The number of hydrogen-bond donors (Lipinski definition) is 0. The third kappa shape index (κ3) is 2.59. The van der Waals surface area contributed by atoms with E-state index in [1.165, 1.54) is 0 Å². The summed E-state index contributed by atoms with van der Waals surface area (Å²) in [5.41, 5.74) is 1.09. The molecule has 1 aromatic rings. The predicted molar refractivity (Wildman–Crippen MR) is 63.3 cm³/mol. The average molecular weight is 225 g/mol. The summed E-state index contributed by atoms with van der Waals surface area (Å²) in [5.74, 6) is 0. The van der Waals surface area contributed by atoms with Gasteiger partial charge in [0.05, 0.1) is 10.2 Å². The van der Waals surface area contributed by atoms with E-state index in [1.54, 1.807) is 0 Å². The molecule has 1 rings (SSSR count). The van der Waals surface area contributed by atoms with Crippen LogP contribution in [-0.4, -0.2) is 28.2 Å². The molecule has 0 fully saturated rings. The Morgan fingerprint density at radius 3 is 2.36 bits per heavy atom. The lowest BCUT2D eigenvalue weighted by Gasteiger charge is -2.25. The third-order valence-electron chi connectivity index (χ3n) is 2.35. The zero-order valence-corrected chi connectivity index (χ0v) is 10.4. The highest BCUT2D eigenvalue weighted by Crippen LogP contribution is 2.22. The third-order valence-corrected chi connectivity index (χ3v) is 3.32. The highest BCUT2D eigenvalue weighted by molar-refractivity contribution is 6.34. The number of rotatable bonds is 4. The van der Waals surface area contributed by atoms with Crippen LogP contribution in [0.3, 0.4) is 0 Å². The summed E-state index contributed by atoms with van der Waals surface area (Å²) in [4.78, 5) is 2.21. The number of alkyl halides is 1. The molecule has 0 amide bonds. The number of nitrogens with zero attached hydrogens (tertiary/aromatic N) is 1. The standard InChI is InChI=1S/C11H15ClNSi/c1-3-13(4-2)11(12)9-7-5-6-8-10(9)14/h5-8,11H,3-4H2,1-2H3. The van der Waals surface area contributed by atoms with E-state index in [-0.39, 0.29) is 5.50 Å². The van der Waals surface area contributed by atoms with Crippen LogP contribution in [0.4, 0.5) is 0 Å². The van der Waals surface area contributed by atoms with E-state index in [0.717, 1.165) is 23.8 Å². The quantitative estimate of drug-likeness (QED) is 0.430. The van der Waals surface area contributed by atoms with Gasteiger partial charge in [-0.25, -0.2) is 0 Å². The largest absolute Gasteiger partial charge is 0.284 e. The highest BCUT2D eigenvalue weighted by Gasteiger charge is 2.15. The first kappa shape index (κ1) is 11.8. The molecule has 75 valence electrons. The molecule has 1 nitrogen and oxygen atoms in total. The molecule has 0 saturated heterocycles. The van der Waals surface area contributed by atoms with Gasteiger partial charge in [-0.1, -0.05) is 43.3 Å². The van der Waals surface area contributed by atoms with E-state index in [2.05, 4.69) is 35.1 Å². The molecule has 0 saturated carbocycles. The molecule has 0 aromatic heterocycles. The molecule has 0 aliphatic carbocycles. The second kappa shape index (κ2) is 5.54. The van der Waals surface area contributed by atoms with Crippen LogP contribution in [0.15, 0.2) is 24.3 Å². The summed E-state index contributed by atoms with van der Waals surface area (Å²) in [6.45, 7) is 6.17. The molecular formula is C11H15ClNSi. The van der Waals surface area contributed by atoms with Gasteiger partial charge >= 0.3 is 0 Å². The van der Waals surface area contributed by atoms with Crippen molar-refractivity contribution in [1.82, 2.24) is 4.90 Å². The summed E-state index contributed by atoms with van der Waals surface area (Å²) < 4.78 is 0. The second-order valence-electron chi connectivity index (χ2n) is 3.14. The molecule has 3 radical (unpaired) electrons. The van der Waals surface area contributed by atoms with Crippen LogP contribution in [0.25, 0.3) is 0 Å². The van der Waals surface area contributed by atoms with Gasteiger partial charge in [-0.2, -0.15) is 0 Å². The van der Waals surface area contributed by atoms with Gasteiger partial charge in [-0.3, -0.25) is 4.90 Å². The van der Waals surface area contributed by atoms with E-state index in [1.807, 2.05) is 18.2 Å². The highest BCUT2D eigenvalue weighted by atomic mass is 35.5. The van der Waals surface area contributed by atoms with Crippen molar-refractivity contribution in [2.24, 2.45) is 0 Å². The molecule has 0 N–H and O–H groups in total. The number of halogens is 1. The Bertz CT molecular complexity index is 286. The van der Waals surface area contributed by atoms with Crippen LogP contribution < -0.4 is 5.19 Å². The molecule has 0 bridgehead atoms. The fourth-order valence-electron chi connectivity index (χ4n) is 1.45. The zero-order chi connectivity index (χ0) is 10.6. The topological polar surface area (TPSA) is 3.24 Å². The first-order chi connectivity index (χ1) is 6.70. The Morgan fingerprint density at radius 1 is 1.29 bits per heavy atom. The number of benzene rings is 1. The maximum Gasteiger partial charge on any atom is 0.110 e. The SMILES string of the molecule is CCN(CC)C(Cl)c1ccccc1[Si]. The van der Waals surface area contributed by atoms with E-state index < -0.39 is 0 Å². The maximum absolute atomic E-state index is 6.37. The van der Waals surface area contributed by atoms with Crippen LogP contribution in [0.5, 0.6) is 0 Å². The van der Waals surface area contributed by atoms with Crippen molar-refractivity contribution in [1.29, 1.82) is 0 Å². The van der Waals surface area contributed by atoms with Crippen LogP contribution in [0.2, 0.25) is 0 Å². The van der Waals surface area contributed by atoms with Crippen LogP contribution in [0, 0.1) is 0 Å². The van der Waals surface area contributed by atoms with E-state index in [0.29, 0.717) is 0 Å². The van der Waals surface area contributed by atoms with Gasteiger partial charge in [0, 0.05) is 0 Å². The van der Waals surface area contributed by atoms with E-state index in [9.17, 15) is 0 Å². The van der Waals surface area contributed by atoms with Gasteiger partial charge in [0.15, 0.2) is 0 Å². The van der Waals surface area contributed by atoms with Crippen LogP contribution in [-0.2, 0) is 0 Å². The van der Waals surface area contributed by atoms with Crippen LogP contribution in [0.1, 0.15) is 24.9 Å². The Hall–Kier alpha value is -0.313. The zero-order valence-electron chi connectivity index (χ0n) is 8.63. The van der Waals surface area contributed by atoms with Gasteiger partial charge in [0.1, 0.15) is 5.50 Å². The van der Waals surface area contributed by atoms with E-state index >= 15 is 0 Å².